The van der Waals surface area contributed by atoms with Crippen molar-refractivity contribution in [2.75, 3.05) is 0 Å². The van der Waals surface area contributed by atoms with Gasteiger partial charge < -0.3 is 14.6 Å². The summed E-state index contributed by atoms with van der Waals surface area (Å²) in [6, 6.07) is 19.5. The minimum absolute atomic E-state index is 0.0529. The van der Waals surface area contributed by atoms with E-state index in [1.807, 2.05) is 0 Å². The molecule has 0 radical (unpaired) electrons. The molecule has 0 saturated carbocycles. The van der Waals surface area contributed by atoms with Gasteiger partial charge in [0.25, 0.3) is 0 Å². The summed E-state index contributed by atoms with van der Waals surface area (Å²) in [7, 11) is 0. The van der Waals surface area contributed by atoms with Crippen LogP contribution in [-0.2, 0) is 4.79 Å². The highest BCUT2D eigenvalue weighted by Gasteiger charge is 2.26. The Kier molecular flexibility index (Phi) is 5.50. The molecular weight excluding hydrogens is 360 g/mol. The Balaban J connectivity index is 2.18. The van der Waals surface area contributed by atoms with Gasteiger partial charge in [-0.25, -0.2) is 9.59 Å². The molecular formula is C22H16O6. The fourth-order valence-corrected chi connectivity index (χ4v) is 2.71. The Hall–Kier alpha value is -3.93. The minimum Gasteiger partial charge on any atom is -0.478 e. The fourth-order valence-electron chi connectivity index (χ4n) is 2.71. The molecule has 3 aromatic carbocycles. The Morgan fingerprint density at radius 3 is 1.89 bits per heavy atom. The van der Waals surface area contributed by atoms with Crippen LogP contribution >= 0.6 is 0 Å². The van der Waals surface area contributed by atoms with Crippen molar-refractivity contribution in [1.82, 2.24) is 0 Å². The maximum absolute atomic E-state index is 12.7. The number of rotatable bonds is 5. The van der Waals surface area contributed by atoms with Crippen molar-refractivity contribution < 1.29 is 29.0 Å². The van der Waals surface area contributed by atoms with Gasteiger partial charge in [-0.2, -0.15) is 0 Å². The largest absolute Gasteiger partial charge is 0.478 e. The van der Waals surface area contributed by atoms with Crippen LogP contribution in [0.4, 0.5) is 0 Å². The number of hydrogen-bond donors (Lipinski definition) is 1. The lowest BCUT2D eigenvalue weighted by Gasteiger charge is -2.16. The lowest BCUT2D eigenvalue weighted by molar-refractivity contribution is -0.131. The predicted octanol–water partition coefficient (Wildman–Crippen LogP) is 4.20. The van der Waals surface area contributed by atoms with Gasteiger partial charge in [-0.1, -0.05) is 48.5 Å². The maximum Gasteiger partial charge on any atom is 0.347 e. The predicted molar refractivity (Wildman–Crippen MR) is 102 cm³/mol. The van der Waals surface area contributed by atoms with E-state index >= 15 is 0 Å². The van der Waals surface area contributed by atoms with Crippen LogP contribution in [0.25, 0.3) is 11.1 Å². The van der Waals surface area contributed by atoms with E-state index < -0.39 is 17.9 Å². The summed E-state index contributed by atoms with van der Waals surface area (Å²) < 4.78 is 10.6. The highest BCUT2D eigenvalue weighted by molar-refractivity contribution is 6.04. The number of benzene rings is 3. The molecule has 0 bridgehead atoms. The van der Waals surface area contributed by atoms with Gasteiger partial charge in [0.1, 0.15) is 11.3 Å². The average molecular weight is 376 g/mol. The van der Waals surface area contributed by atoms with E-state index in [-0.39, 0.29) is 22.4 Å². The van der Waals surface area contributed by atoms with E-state index in [0.29, 0.717) is 11.3 Å². The van der Waals surface area contributed by atoms with Gasteiger partial charge >= 0.3 is 17.9 Å². The minimum atomic E-state index is -1.21. The molecule has 0 aromatic heterocycles. The maximum atomic E-state index is 12.7. The zero-order chi connectivity index (χ0) is 20.1. The van der Waals surface area contributed by atoms with Crippen LogP contribution in [0.1, 0.15) is 27.6 Å². The SMILES string of the molecule is CC(=O)Oc1c(C(=O)Oc2ccccc2)ccc(C(=O)O)c1-c1ccccc1. The third kappa shape index (κ3) is 4.07. The molecule has 0 fully saturated rings. The van der Waals surface area contributed by atoms with E-state index in [2.05, 4.69) is 0 Å². The second kappa shape index (κ2) is 8.18. The van der Waals surface area contributed by atoms with E-state index in [9.17, 15) is 19.5 Å². The number of hydrogen-bond acceptors (Lipinski definition) is 5. The number of carboxylic acid groups (broad SMARTS) is 1. The molecule has 1 N–H and O–H groups in total. The van der Waals surface area contributed by atoms with Crippen molar-refractivity contribution in [2.24, 2.45) is 0 Å². The Morgan fingerprint density at radius 1 is 0.750 bits per heavy atom. The number of ether oxygens (including phenoxy) is 2. The fraction of sp³-hybridized carbons (Fsp3) is 0.0455. The molecule has 0 saturated heterocycles. The first kappa shape index (κ1) is 18.8. The van der Waals surface area contributed by atoms with E-state index in [1.165, 1.54) is 19.1 Å². The topological polar surface area (TPSA) is 89.9 Å². The number of esters is 2. The van der Waals surface area contributed by atoms with Crippen LogP contribution in [-0.4, -0.2) is 23.0 Å². The number of carbonyl (C=O) groups excluding carboxylic acids is 2. The molecule has 140 valence electrons. The van der Waals surface area contributed by atoms with Crippen molar-refractivity contribution >= 4 is 17.9 Å². The first-order valence-corrected chi connectivity index (χ1v) is 8.38. The standard InChI is InChI=1S/C22H16O6/c1-14(23)27-20-18(22(26)28-16-10-6-3-7-11-16)13-12-17(21(24)25)19(20)15-8-4-2-5-9-15/h2-13H,1H3,(H,24,25). The normalized spacial score (nSPS) is 10.2. The number of carbonyl (C=O) groups is 3. The van der Waals surface area contributed by atoms with Crippen molar-refractivity contribution in [3.63, 3.8) is 0 Å². The summed E-state index contributed by atoms with van der Waals surface area (Å²) in [5.74, 6) is -2.51. The Bertz CT molecular complexity index is 1030. The van der Waals surface area contributed by atoms with Crippen molar-refractivity contribution in [1.29, 1.82) is 0 Å². The molecule has 0 unspecified atom stereocenters. The van der Waals surface area contributed by atoms with Gasteiger partial charge in [-0.3, -0.25) is 4.79 Å². The third-order valence-electron chi connectivity index (χ3n) is 3.87. The number of carboxylic acids is 1. The average Bonchev–Trinajstić information content (AvgIpc) is 2.68. The monoisotopic (exact) mass is 376 g/mol. The molecule has 0 aliphatic heterocycles. The third-order valence-corrected chi connectivity index (χ3v) is 3.87. The Labute approximate surface area is 161 Å². The van der Waals surface area contributed by atoms with E-state index in [4.69, 9.17) is 9.47 Å². The lowest BCUT2D eigenvalue weighted by atomic mass is 9.95. The van der Waals surface area contributed by atoms with Crippen LogP contribution in [0.5, 0.6) is 11.5 Å². The van der Waals surface area contributed by atoms with Gasteiger partial charge in [0.15, 0.2) is 5.75 Å². The Morgan fingerprint density at radius 2 is 1.32 bits per heavy atom. The molecule has 0 aliphatic rings. The van der Waals surface area contributed by atoms with Gasteiger partial charge in [-0.15, -0.1) is 0 Å². The van der Waals surface area contributed by atoms with Crippen molar-refractivity contribution in [2.45, 2.75) is 6.92 Å². The quantitative estimate of drug-likeness (QED) is 0.530. The highest BCUT2D eigenvalue weighted by atomic mass is 16.5. The smallest absolute Gasteiger partial charge is 0.347 e. The summed E-state index contributed by atoms with van der Waals surface area (Å²) >= 11 is 0. The van der Waals surface area contributed by atoms with Crippen LogP contribution in [0.3, 0.4) is 0 Å². The van der Waals surface area contributed by atoms with Gasteiger partial charge in [-0.05, 0) is 29.8 Å². The summed E-state index contributed by atoms with van der Waals surface area (Å²) in [5.41, 5.74) is 0.470. The summed E-state index contributed by atoms with van der Waals surface area (Å²) in [5, 5.41) is 9.59. The first-order chi connectivity index (χ1) is 13.5. The molecule has 28 heavy (non-hydrogen) atoms. The van der Waals surface area contributed by atoms with Crippen LogP contribution in [0.2, 0.25) is 0 Å². The zero-order valence-corrected chi connectivity index (χ0v) is 14.9. The van der Waals surface area contributed by atoms with Gasteiger partial charge in [0.05, 0.1) is 5.56 Å². The molecule has 6 nitrogen and oxygen atoms in total. The molecule has 3 aromatic rings. The summed E-state index contributed by atoms with van der Waals surface area (Å²) in [4.78, 5) is 36.2. The number of aromatic carboxylic acids is 1. The zero-order valence-electron chi connectivity index (χ0n) is 14.9. The molecule has 0 spiro atoms. The molecule has 0 amide bonds. The van der Waals surface area contributed by atoms with Gasteiger partial charge in [0, 0.05) is 12.5 Å². The van der Waals surface area contributed by atoms with Crippen LogP contribution < -0.4 is 9.47 Å². The van der Waals surface area contributed by atoms with Crippen molar-refractivity contribution in [3.05, 3.63) is 83.9 Å². The second-order valence-corrected chi connectivity index (χ2v) is 5.83. The number of para-hydroxylation sites is 1. The first-order valence-electron chi connectivity index (χ1n) is 8.38. The molecule has 3 rings (SSSR count). The van der Waals surface area contributed by atoms with Crippen molar-refractivity contribution in [3.8, 4) is 22.6 Å². The summed E-state index contributed by atoms with van der Waals surface area (Å²) in [6.07, 6.45) is 0. The molecule has 6 heteroatoms. The second-order valence-electron chi connectivity index (χ2n) is 5.83. The molecule has 0 atom stereocenters. The lowest BCUT2D eigenvalue weighted by Crippen LogP contribution is -2.15. The van der Waals surface area contributed by atoms with Crippen LogP contribution in [0.15, 0.2) is 72.8 Å². The molecule has 0 aliphatic carbocycles. The summed E-state index contributed by atoms with van der Waals surface area (Å²) in [6.45, 7) is 1.18. The molecule has 0 heterocycles. The van der Waals surface area contributed by atoms with E-state index in [0.717, 1.165) is 0 Å². The highest BCUT2D eigenvalue weighted by Crippen LogP contribution is 2.37. The van der Waals surface area contributed by atoms with Gasteiger partial charge in [0.2, 0.25) is 0 Å². The van der Waals surface area contributed by atoms with E-state index in [1.54, 1.807) is 60.7 Å². The van der Waals surface area contributed by atoms with Crippen LogP contribution in [0, 0.1) is 0 Å².